The molecule has 0 N–H and O–H groups in total. The molecule has 0 aliphatic carbocycles. The third kappa shape index (κ3) is 47.5. The molecule has 0 saturated heterocycles. The summed E-state index contributed by atoms with van der Waals surface area (Å²) in [4.78, 5) is 25.3. The Morgan fingerprint density at radius 1 is 0.383 bits per heavy atom. The van der Waals surface area contributed by atoms with Gasteiger partial charge < -0.3 is 14.2 Å². The summed E-state index contributed by atoms with van der Waals surface area (Å²) < 4.78 is 17.3. The number of esters is 2. The Morgan fingerprint density at radius 2 is 0.783 bits per heavy atom. The molecule has 0 amide bonds. The molecule has 0 aliphatic rings. The number of allylic oxidation sites excluding steroid dienone is 16. The second-order valence-electron chi connectivity index (χ2n) is 16.0. The molecule has 0 aromatic heterocycles. The number of unbranched alkanes of at least 4 members (excludes halogenated alkanes) is 17. The zero-order chi connectivity index (χ0) is 43.5. The van der Waals surface area contributed by atoms with Crippen LogP contribution in [0.2, 0.25) is 0 Å². The summed E-state index contributed by atoms with van der Waals surface area (Å²) in [6, 6.07) is 0. The van der Waals surface area contributed by atoms with Crippen LogP contribution in [0.5, 0.6) is 0 Å². The Labute approximate surface area is 371 Å². The first-order chi connectivity index (χ1) is 29.6. The van der Waals surface area contributed by atoms with Crippen molar-refractivity contribution < 1.29 is 23.8 Å². The van der Waals surface area contributed by atoms with Gasteiger partial charge in [0.25, 0.3) is 0 Å². The van der Waals surface area contributed by atoms with Crippen molar-refractivity contribution in [1.29, 1.82) is 0 Å². The fourth-order valence-electron chi connectivity index (χ4n) is 6.51. The molecule has 0 aliphatic heterocycles. The largest absolute Gasteiger partial charge is 0.462 e. The highest BCUT2D eigenvalue weighted by Gasteiger charge is 2.17. The van der Waals surface area contributed by atoms with Crippen LogP contribution in [0.25, 0.3) is 0 Å². The Balaban J connectivity index is 4.41. The first-order valence-corrected chi connectivity index (χ1v) is 24.8. The summed E-state index contributed by atoms with van der Waals surface area (Å²) in [5, 5.41) is 0. The first-order valence-electron chi connectivity index (χ1n) is 24.8. The zero-order valence-corrected chi connectivity index (χ0v) is 39.2. The van der Waals surface area contributed by atoms with Gasteiger partial charge in [-0.2, -0.15) is 0 Å². The highest BCUT2D eigenvalue weighted by atomic mass is 16.6. The number of hydrogen-bond acceptors (Lipinski definition) is 5. The van der Waals surface area contributed by atoms with Crippen LogP contribution in [0.15, 0.2) is 97.2 Å². The number of ether oxygens (including phenoxy) is 3. The maximum absolute atomic E-state index is 12.7. The molecule has 5 nitrogen and oxygen atoms in total. The Bertz CT molecular complexity index is 1170. The summed E-state index contributed by atoms with van der Waals surface area (Å²) >= 11 is 0. The minimum atomic E-state index is -0.593. The SMILES string of the molecule is CC/C=C\C/C=C\C/C=C\C/C=C\CCCCC(=O)OCC(COCCCCCCCCCCCCCCCCCC)OC(=O)CC/C=C\C/C=C\C/C=C\C/C=C\CC. The highest BCUT2D eigenvalue weighted by Crippen LogP contribution is 2.14. The molecule has 5 heteroatoms. The molecule has 0 saturated carbocycles. The molecule has 0 aromatic carbocycles. The van der Waals surface area contributed by atoms with Crippen LogP contribution >= 0.6 is 0 Å². The molecule has 0 fully saturated rings. The number of rotatable bonds is 44. The molecule has 1 atom stereocenters. The Kier molecular flexibility index (Phi) is 47.5. The molecule has 60 heavy (non-hydrogen) atoms. The summed E-state index contributed by atoms with van der Waals surface area (Å²) in [5.41, 5.74) is 0. The normalized spacial score (nSPS) is 13.1. The quantitative estimate of drug-likeness (QED) is 0.0348. The molecule has 1 unspecified atom stereocenters. The predicted molar refractivity (Wildman–Crippen MR) is 260 cm³/mol. The van der Waals surface area contributed by atoms with E-state index < -0.39 is 6.10 Å². The molecule has 0 aromatic rings. The van der Waals surface area contributed by atoms with Crippen LogP contribution in [0.4, 0.5) is 0 Å². The van der Waals surface area contributed by atoms with Crippen LogP contribution in [0, 0.1) is 0 Å². The number of carbonyl (C=O) groups excluding carboxylic acids is 2. The van der Waals surface area contributed by atoms with E-state index in [1.54, 1.807) is 0 Å². The average molecular weight is 833 g/mol. The van der Waals surface area contributed by atoms with E-state index in [0.29, 0.717) is 19.4 Å². The van der Waals surface area contributed by atoms with Crippen molar-refractivity contribution in [2.24, 2.45) is 0 Å². The highest BCUT2D eigenvalue weighted by molar-refractivity contribution is 5.70. The van der Waals surface area contributed by atoms with Gasteiger partial charge in [0.2, 0.25) is 0 Å². The van der Waals surface area contributed by atoms with Crippen LogP contribution in [-0.4, -0.2) is 37.9 Å². The van der Waals surface area contributed by atoms with Crippen LogP contribution in [0.1, 0.15) is 213 Å². The van der Waals surface area contributed by atoms with Crippen molar-refractivity contribution in [3.8, 4) is 0 Å². The Hall–Kier alpha value is -3.18. The summed E-state index contributed by atoms with van der Waals surface area (Å²) in [5.74, 6) is -0.541. The lowest BCUT2D eigenvalue weighted by Crippen LogP contribution is -2.30. The molecule has 0 bridgehead atoms. The minimum absolute atomic E-state index is 0.0321. The van der Waals surface area contributed by atoms with Gasteiger partial charge in [0, 0.05) is 19.4 Å². The van der Waals surface area contributed by atoms with Crippen molar-refractivity contribution in [3.05, 3.63) is 97.2 Å². The Morgan fingerprint density at radius 3 is 1.23 bits per heavy atom. The second-order valence-corrected chi connectivity index (χ2v) is 16.0. The van der Waals surface area contributed by atoms with Crippen molar-refractivity contribution >= 4 is 11.9 Å². The monoisotopic (exact) mass is 833 g/mol. The fraction of sp³-hybridized carbons (Fsp3) is 0.673. The summed E-state index contributed by atoms with van der Waals surface area (Å²) in [6.07, 6.45) is 67.2. The average Bonchev–Trinajstić information content (AvgIpc) is 3.25. The van der Waals surface area contributed by atoms with Crippen molar-refractivity contribution in [1.82, 2.24) is 0 Å². The maximum atomic E-state index is 12.7. The van der Waals surface area contributed by atoms with Crippen LogP contribution in [-0.2, 0) is 23.8 Å². The lowest BCUT2D eigenvalue weighted by atomic mass is 10.0. The van der Waals surface area contributed by atoms with Gasteiger partial charge in [0.15, 0.2) is 6.10 Å². The van der Waals surface area contributed by atoms with E-state index in [0.717, 1.165) is 83.5 Å². The van der Waals surface area contributed by atoms with Gasteiger partial charge in [-0.25, -0.2) is 0 Å². The molecular formula is C55H92O5. The maximum Gasteiger partial charge on any atom is 0.306 e. The first kappa shape index (κ1) is 56.8. The summed E-state index contributed by atoms with van der Waals surface area (Å²) in [7, 11) is 0. The van der Waals surface area contributed by atoms with E-state index in [4.69, 9.17) is 14.2 Å². The van der Waals surface area contributed by atoms with E-state index in [1.165, 1.54) is 89.9 Å². The van der Waals surface area contributed by atoms with Gasteiger partial charge in [0.1, 0.15) is 6.61 Å². The fourth-order valence-corrected chi connectivity index (χ4v) is 6.51. The molecule has 0 spiro atoms. The van der Waals surface area contributed by atoms with Gasteiger partial charge in [-0.1, -0.05) is 214 Å². The smallest absolute Gasteiger partial charge is 0.306 e. The predicted octanol–water partition coefficient (Wildman–Crippen LogP) is 16.7. The van der Waals surface area contributed by atoms with E-state index in [-0.39, 0.29) is 31.6 Å². The van der Waals surface area contributed by atoms with Crippen LogP contribution < -0.4 is 0 Å². The van der Waals surface area contributed by atoms with E-state index in [2.05, 4.69) is 112 Å². The zero-order valence-electron chi connectivity index (χ0n) is 39.2. The molecular weight excluding hydrogens is 741 g/mol. The van der Waals surface area contributed by atoms with Gasteiger partial charge in [-0.05, 0) is 83.5 Å². The van der Waals surface area contributed by atoms with E-state index in [9.17, 15) is 9.59 Å². The third-order valence-electron chi connectivity index (χ3n) is 10.1. The molecule has 0 rings (SSSR count). The van der Waals surface area contributed by atoms with Crippen molar-refractivity contribution in [2.45, 2.75) is 219 Å². The molecule has 0 radical (unpaired) electrons. The second kappa shape index (κ2) is 50.2. The molecule has 342 valence electrons. The lowest BCUT2D eigenvalue weighted by Gasteiger charge is -2.18. The standard InChI is InChI=1S/C55H92O5/c1-4-7-10-13-16-19-22-25-27-29-32-35-38-41-44-47-50-58-51-53(60-55(57)49-46-43-40-37-34-30-24-21-18-15-12-9-6-3)52-59-54(56)48-45-42-39-36-33-31-28-26-23-20-17-14-11-8-5-2/h8-9,11-12,17-18,20-21,26,28,30,33-34,36,40,43,53H,4-7,10,13-16,19,22-25,27,29,31-32,35,37-39,41-42,44-52H2,1-3H3/b11-8-,12-9-,20-17-,21-18-,28-26-,34-30-,36-33-,43-40-. The van der Waals surface area contributed by atoms with Gasteiger partial charge >= 0.3 is 11.9 Å². The van der Waals surface area contributed by atoms with Gasteiger partial charge in [-0.3, -0.25) is 9.59 Å². The number of hydrogen-bond donors (Lipinski definition) is 0. The number of carbonyl (C=O) groups is 2. The minimum Gasteiger partial charge on any atom is -0.462 e. The van der Waals surface area contributed by atoms with Crippen molar-refractivity contribution in [2.75, 3.05) is 19.8 Å². The van der Waals surface area contributed by atoms with Gasteiger partial charge in [-0.15, -0.1) is 0 Å². The third-order valence-corrected chi connectivity index (χ3v) is 10.1. The van der Waals surface area contributed by atoms with E-state index >= 15 is 0 Å². The summed E-state index contributed by atoms with van der Waals surface area (Å²) in [6.45, 7) is 7.48. The van der Waals surface area contributed by atoms with Gasteiger partial charge in [0.05, 0.1) is 6.61 Å². The van der Waals surface area contributed by atoms with E-state index in [1.807, 2.05) is 6.08 Å². The lowest BCUT2D eigenvalue weighted by molar-refractivity contribution is -0.162. The van der Waals surface area contributed by atoms with Crippen molar-refractivity contribution in [3.63, 3.8) is 0 Å². The van der Waals surface area contributed by atoms with Crippen LogP contribution in [0.3, 0.4) is 0 Å². The topological polar surface area (TPSA) is 61.8 Å². The molecule has 0 heterocycles.